The van der Waals surface area contributed by atoms with Gasteiger partial charge in [0.2, 0.25) is 0 Å². The van der Waals surface area contributed by atoms with Gasteiger partial charge in [-0.1, -0.05) is 42.5 Å². The molecule has 2 fully saturated rings. The molecule has 1 N–H and O–H groups in total. The van der Waals surface area contributed by atoms with Crippen LogP contribution in [0.2, 0.25) is 0 Å². The van der Waals surface area contributed by atoms with Crippen LogP contribution in [0.25, 0.3) is 11.1 Å². The third kappa shape index (κ3) is 6.47. The predicted molar refractivity (Wildman–Crippen MR) is 132 cm³/mol. The second kappa shape index (κ2) is 11.8. The first-order valence-corrected chi connectivity index (χ1v) is 12.8. The van der Waals surface area contributed by atoms with Crippen LogP contribution < -0.4 is 0 Å². The van der Waals surface area contributed by atoms with Gasteiger partial charge in [-0.3, -0.25) is 9.63 Å². The van der Waals surface area contributed by atoms with Gasteiger partial charge in [0.25, 0.3) is 5.91 Å². The maximum Gasteiger partial charge on any atom is 0.392 e. The largest absolute Gasteiger partial charge is 0.394 e. The topological polar surface area (TPSA) is 53.0 Å². The standard InChI is InChI=1S/C28H35F3N2O3/c1-20(21-13-15-32(16-14-21)19-25-11-12-26(25)28(29,30)31)36-33(17-18-34)27(35)24-9-7-23(8-10-24)22-5-3-2-4-6-22/h2-10,20-21,25-26,34H,11-19H2,1H3. The van der Waals surface area contributed by atoms with Crippen molar-refractivity contribution in [3.63, 3.8) is 0 Å². The van der Waals surface area contributed by atoms with E-state index in [1.807, 2.05) is 49.4 Å². The Kier molecular flexibility index (Phi) is 8.70. The van der Waals surface area contributed by atoms with Gasteiger partial charge in [0.1, 0.15) is 0 Å². The third-order valence-electron chi connectivity index (χ3n) is 7.69. The number of likely N-dealkylation sites (tertiary alicyclic amines) is 1. The van der Waals surface area contributed by atoms with Crippen molar-refractivity contribution in [1.82, 2.24) is 9.96 Å². The molecule has 4 rings (SSSR count). The van der Waals surface area contributed by atoms with E-state index in [0.717, 1.165) is 37.1 Å². The van der Waals surface area contributed by atoms with E-state index in [0.29, 0.717) is 18.5 Å². The summed E-state index contributed by atoms with van der Waals surface area (Å²) in [4.78, 5) is 21.3. The summed E-state index contributed by atoms with van der Waals surface area (Å²) in [5.74, 6) is -1.56. The third-order valence-corrected chi connectivity index (χ3v) is 7.69. The minimum atomic E-state index is -4.09. The molecule has 2 aliphatic rings. The fourth-order valence-electron chi connectivity index (χ4n) is 5.31. The van der Waals surface area contributed by atoms with E-state index >= 15 is 0 Å². The lowest BCUT2D eigenvalue weighted by Gasteiger charge is -2.43. The Morgan fingerprint density at radius 1 is 1.03 bits per heavy atom. The number of alkyl halides is 3. The molecule has 0 aromatic heterocycles. The zero-order valence-corrected chi connectivity index (χ0v) is 20.7. The molecule has 36 heavy (non-hydrogen) atoms. The van der Waals surface area contributed by atoms with Gasteiger partial charge in [0.15, 0.2) is 0 Å². The molecule has 2 aromatic rings. The van der Waals surface area contributed by atoms with E-state index in [-0.39, 0.29) is 43.4 Å². The highest BCUT2D eigenvalue weighted by molar-refractivity contribution is 5.94. The summed E-state index contributed by atoms with van der Waals surface area (Å²) in [5, 5.41) is 10.7. The van der Waals surface area contributed by atoms with Gasteiger partial charge < -0.3 is 10.0 Å². The van der Waals surface area contributed by atoms with Gasteiger partial charge in [-0.15, -0.1) is 0 Å². The molecule has 0 spiro atoms. The molecule has 8 heteroatoms. The number of carbonyl (C=O) groups excluding carboxylic acids is 1. The number of halogens is 3. The average molecular weight is 505 g/mol. The van der Waals surface area contributed by atoms with Gasteiger partial charge in [0.05, 0.1) is 25.2 Å². The maximum absolute atomic E-state index is 13.1. The molecule has 5 nitrogen and oxygen atoms in total. The van der Waals surface area contributed by atoms with Crippen molar-refractivity contribution >= 4 is 5.91 Å². The van der Waals surface area contributed by atoms with Crippen LogP contribution in [0, 0.1) is 17.8 Å². The van der Waals surface area contributed by atoms with Gasteiger partial charge >= 0.3 is 6.18 Å². The van der Waals surface area contributed by atoms with Crippen LogP contribution in [0.15, 0.2) is 54.6 Å². The molecular weight excluding hydrogens is 469 g/mol. The van der Waals surface area contributed by atoms with E-state index in [4.69, 9.17) is 4.84 Å². The van der Waals surface area contributed by atoms with Crippen LogP contribution >= 0.6 is 0 Å². The normalized spacial score (nSPS) is 22.1. The SMILES string of the molecule is CC(ON(CCO)C(=O)c1ccc(-c2ccccc2)cc1)C1CCN(CC2CCC2C(F)(F)F)CC1. The predicted octanol–water partition coefficient (Wildman–Crippen LogP) is 5.41. The zero-order chi connectivity index (χ0) is 25.7. The molecule has 2 aromatic carbocycles. The van der Waals surface area contributed by atoms with E-state index in [1.165, 1.54) is 5.06 Å². The Balaban J connectivity index is 1.29. The summed E-state index contributed by atoms with van der Waals surface area (Å²) in [7, 11) is 0. The van der Waals surface area contributed by atoms with E-state index in [2.05, 4.69) is 4.90 Å². The van der Waals surface area contributed by atoms with Gasteiger partial charge in [0, 0.05) is 12.1 Å². The van der Waals surface area contributed by atoms with Crippen molar-refractivity contribution < 1.29 is 27.9 Å². The first-order chi connectivity index (χ1) is 17.3. The van der Waals surface area contributed by atoms with Gasteiger partial charge in [-0.05, 0) is 80.8 Å². The fraction of sp³-hybridized carbons (Fsp3) is 0.536. The number of hydrogen-bond acceptors (Lipinski definition) is 4. The van der Waals surface area contributed by atoms with Crippen LogP contribution in [0.1, 0.15) is 43.0 Å². The maximum atomic E-state index is 13.1. The van der Waals surface area contributed by atoms with Crippen LogP contribution in [0.4, 0.5) is 13.2 Å². The van der Waals surface area contributed by atoms with Crippen LogP contribution in [0.5, 0.6) is 0 Å². The summed E-state index contributed by atoms with van der Waals surface area (Å²) < 4.78 is 39.2. The Labute approximate surface area is 210 Å². The minimum Gasteiger partial charge on any atom is -0.394 e. The number of piperidine rings is 1. The van der Waals surface area contributed by atoms with Crippen molar-refractivity contribution in [1.29, 1.82) is 0 Å². The summed E-state index contributed by atoms with van der Waals surface area (Å²) in [6, 6.07) is 17.2. The number of hydrogen-bond donors (Lipinski definition) is 1. The molecule has 1 saturated carbocycles. The van der Waals surface area contributed by atoms with E-state index in [1.54, 1.807) is 12.1 Å². The monoisotopic (exact) mass is 504 g/mol. The van der Waals surface area contributed by atoms with Crippen molar-refractivity contribution in [3.8, 4) is 11.1 Å². The molecule has 1 amide bonds. The zero-order valence-electron chi connectivity index (χ0n) is 20.7. The molecular formula is C28H35F3N2O3. The number of benzene rings is 2. The fourth-order valence-corrected chi connectivity index (χ4v) is 5.31. The lowest BCUT2D eigenvalue weighted by molar-refractivity contribution is -0.215. The quantitative estimate of drug-likeness (QED) is 0.464. The highest BCUT2D eigenvalue weighted by atomic mass is 19.4. The molecule has 3 atom stereocenters. The second-order valence-electron chi connectivity index (χ2n) is 10.0. The average Bonchev–Trinajstić information content (AvgIpc) is 2.86. The first-order valence-electron chi connectivity index (χ1n) is 12.8. The summed E-state index contributed by atoms with van der Waals surface area (Å²) >= 11 is 0. The van der Waals surface area contributed by atoms with Crippen molar-refractivity contribution in [2.45, 2.75) is 44.9 Å². The number of aliphatic hydroxyl groups is 1. The number of hydroxylamine groups is 2. The van der Waals surface area contributed by atoms with Gasteiger partial charge in [-0.25, -0.2) is 5.06 Å². The Bertz CT molecular complexity index is 976. The molecule has 1 heterocycles. The Morgan fingerprint density at radius 3 is 2.22 bits per heavy atom. The molecule has 0 radical (unpaired) electrons. The van der Waals surface area contributed by atoms with Crippen molar-refractivity contribution in [2.75, 3.05) is 32.8 Å². The van der Waals surface area contributed by atoms with Crippen LogP contribution in [-0.4, -0.2) is 66.0 Å². The highest BCUT2D eigenvalue weighted by Crippen LogP contribution is 2.46. The van der Waals surface area contributed by atoms with E-state index < -0.39 is 12.1 Å². The summed E-state index contributed by atoms with van der Waals surface area (Å²) in [6.45, 7) is 3.72. The Morgan fingerprint density at radius 2 is 1.67 bits per heavy atom. The summed E-state index contributed by atoms with van der Waals surface area (Å²) in [6.07, 6.45) is -1.84. The molecule has 1 aliphatic carbocycles. The van der Waals surface area contributed by atoms with Crippen molar-refractivity contribution in [3.05, 3.63) is 60.2 Å². The summed E-state index contributed by atoms with van der Waals surface area (Å²) in [5.41, 5.74) is 2.54. The highest BCUT2D eigenvalue weighted by Gasteiger charge is 2.50. The lowest BCUT2D eigenvalue weighted by Crippen LogP contribution is -2.47. The van der Waals surface area contributed by atoms with Gasteiger partial charge in [-0.2, -0.15) is 13.2 Å². The number of rotatable bonds is 9. The van der Waals surface area contributed by atoms with Crippen molar-refractivity contribution in [2.24, 2.45) is 17.8 Å². The number of aliphatic hydroxyl groups excluding tert-OH is 1. The number of carbonyl (C=O) groups is 1. The Hall–Kier alpha value is -2.42. The second-order valence-corrected chi connectivity index (χ2v) is 10.0. The van der Waals surface area contributed by atoms with Crippen LogP contribution in [0.3, 0.4) is 0 Å². The van der Waals surface area contributed by atoms with E-state index in [9.17, 15) is 23.1 Å². The minimum absolute atomic E-state index is 0.0585. The molecule has 1 saturated heterocycles. The lowest BCUT2D eigenvalue weighted by atomic mass is 9.72. The first kappa shape index (κ1) is 26.6. The molecule has 3 unspecified atom stereocenters. The number of amides is 1. The van der Waals surface area contributed by atoms with Crippen LogP contribution in [-0.2, 0) is 4.84 Å². The molecule has 196 valence electrons. The smallest absolute Gasteiger partial charge is 0.392 e. The molecule has 0 bridgehead atoms. The number of nitrogens with zero attached hydrogens (tertiary/aromatic N) is 2. The molecule has 1 aliphatic heterocycles.